The van der Waals surface area contributed by atoms with Crippen LogP contribution in [0.25, 0.3) is 0 Å². The fraction of sp³-hybridized carbons (Fsp3) is 0.188. The molecule has 3 heteroatoms. The Hall–Kier alpha value is -2.29. The van der Waals surface area contributed by atoms with Crippen molar-refractivity contribution >= 4 is 5.97 Å². The lowest BCUT2D eigenvalue weighted by atomic mass is 10.1. The van der Waals surface area contributed by atoms with Crippen molar-refractivity contribution in [3.63, 3.8) is 0 Å². The molecule has 0 aromatic heterocycles. The number of rotatable bonds is 5. The Morgan fingerprint density at radius 1 is 1.11 bits per heavy atom. The fourth-order valence-corrected chi connectivity index (χ4v) is 1.83. The van der Waals surface area contributed by atoms with Crippen molar-refractivity contribution in [2.24, 2.45) is 0 Å². The number of aryl methyl sites for hydroxylation is 1. The molecule has 2 rings (SSSR count). The molecular weight excluding hydrogens is 240 g/mol. The van der Waals surface area contributed by atoms with Gasteiger partial charge >= 0.3 is 5.97 Å². The summed E-state index contributed by atoms with van der Waals surface area (Å²) in [7, 11) is 0. The molecule has 2 aromatic rings. The quantitative estimate of drug-likeness (QED) is 0.889. The summed E-state index contributed by atoms with van der Waals surface area (Å²) >= 11 is 0. The Morgan fingerprint density at radius 2 is 1.74 bits per heavy atom. The predicted molar refractivity (Wildman–Crippen MR) is 73.2 cm³/mol. The molecule has 0 bridgehead atoms. The lowest BCUT2D eigenvalue weighted by Crippen LogP contribution is -2.12. The minimum Gasteiger partial charge on any atom is -0.485 e. The summed E-state index contributed by atoms with van der Waals surface area (Å²) in [6.45, 7) is 2.00. The summed E-state index contributed by atoms with van der Waals surface area (Å²) in [6, 6.07) is 17.0. The van der Waals surface area contributed by atoms with Crippen LogP contribution < -0.4 is 4.74 Å². The van der Waals surface area contributed by atoms with E-state index in [0.29, 0.717) is 5.75 Å². The van der Waals surface area contributed by atoms with Crippen molar-refractivity contribution in [1.29, 1.82) is 0 Å². The molecule has 0 fully saturated rings. The van der Waals surface area contributed by atoms with E-state index >= 15 is 0 Å². The van der Waals surface area contributed by atoms with Crippen LogP contribution in [0.2, 0.25) is 0 Å². The van der Waals surface area contributed by atoms with E-state index in [1.807, 2.05) is 61.5 Å². The number of hydrogen-bond donors (Lipinski definition) is 1. The van der Waals surface area contributed by atoms with Gasteiger partial charge in [-0.05, 0) is 24.6 Å². The number of carbonyl (C=O) groups is 1. The first-order valence-electron chi connectivity index (χ1n) is 6.15. The Morgan fingerprint density at radius 3 is 2.32 bits per heavy atom. The zero-order valence-electron chi connectivity index (χ0n) is 10.7. The third-order valence-corrected chi connectivity index (χ3v) is 2.83. The Balaban J connectivity index is 2.19. The van der Waals surface area contributed by atoms with Gasteiger partial charge in [-0.15, -0.1) is 0 Å². The molecule has 0 heterocycles. The molecule has 0 saturated heterocycles. The highest BCUT2D eigenvalue weighted by Gasteiger charge is 2.17. The molecule has 0 radical (unpaired) electrons. The Bertz CT molecular complexity index is 532. The standard InChI is InChI=1S/C16H16O3/c1-12-7-9-14(10-8-12)19-15(11-16(17)18)13-5-3-2-4-6-13/h2-10,15H,11H2,1H3,(H,17,18). The molecule has 1 atom stereocenters. The summed E-state index contributed by atoms with van der Waals surface area (Å²) in [5.74, 6) is -0.193. The van der Waals surface area contributed by atoms with Gasteiger partial charge < -0.3 is 9.84 Å². The van der Waals surface area contributed by atoms with Crippen molar-refractivity contribution < 1.29 is 14.6 Å². The molecule has 0 amide bonds. The van der Waals surface area contributed by atoms with Crippen molar-refractivity contribution in [2.75, 3.05) is 0 Å². The summed E-state index contributed by atoms with van der Waals surface area (Å²) in [5, 5.41) is 8.99. The van der Waals surface area contributed by atoms with Gasteiger partial charge in [0.25, 0.3) is 0 Å². The minimum atomic E-state index is -0.874. The second-order valence-corrected chi connectivity index (χ2v) is 4.43. The zero-order chi connectivity index (χ0) is 13.7. The van der Waals surface area contributed by atoms with E-state index in [1.165, 1.54) is 0 Å². The average molecular weight is 256 g/mol. The number of carboxylic acid groups (broad SMARTS) is 1. The molecule has 98 valence electrons. The van der Waals surface area contributed by atoms with Crippen molar-refractivity contribution in [2.45, 2.75) is 19.4 Å². The van der Waals surface area contributed by atoms with Gasteiger partial charge in [-0.2, -0.15) is 0 Å². The van der Waals surface area contributed by atoms with Gasteiger partial charge in [-0.1, -0.05) is 48.0 Å². The molecule has 0 saturated carbocycles. The first-order chi connectivity index (χ1) is 9.15. The van der Waals surface area contributed by atoms with Crippen LogP contribution in [0.3, 0.4) is 0 Å². The molecule has 0 aliphatic heterocycles. The van der Waals surface area contributed by atoms with Crippen LogP contribution in [-0.2, 0) is 4.79 Å². The first kappa shape index (κ1) is 13.1. The average Bonchev–Trinajstić information content (AvgIpc) is 2.41. The van der Waals surface area contributed by atoms with E-state index in [0.717, 1.165) is 11.1 Å². The van der Waals surface area contributed by atoms with Gasteiger partial charge in [0.1, 0.15) is 11.9 Å². The number of ether oxygens (including phenoxy) is 1. The van der Waals surface area contributed by atoms with Crippen LogP contribution in [0.1, 0.15) is 23.7 Å². The normalized spacial score (nSPS) is 11.8. The van der Waals surface area contributed by atoms with Crippen LogP contribution in [0.4, 0.5) is 0 Å². The highest BCUT2D eigenvalue weighted by Crippen LogP contribution is 2.25. The number of aliphatic carboxylic acids is 1. The van der Waals surface area contributed by atoms with Gasteiger partial charge in [0, 0.05) is 0 Å². The SMILES string of the molecule is Cc1ccc(OC(CC(=O)O)c2ccccc2)cc1. The Kier molecular flexibility index (Phi) is 4.18. The van der Waals surface area contributed by atoms with Crippen LogP contribution >= 0.6 is 0 Å². The molecule has 0 spiro atoms. The maximum absolute atomic E-state index is 10.9. The van der Waals surface area contributed by atoms with Gasteiger partial charge in [-0.25, -0.2) is 0 Å². The van der Waals surface area contributed by atoms with Crippen molar-refractivity contribution in [3.8, 4) is 5.75 Å². The third kappa shape index (κ3) is 3.85. The number of carboxylic acids is 1. The highest BCUT2D eigenvalue weighted by atomic mass is 16.5. The molecule has 0 aliphatic carbocycles. The molecule has 1 N–H and O–H groups in total. The van der Waals surface area contributed by atoms with Crippen LogP contribution in [0.5, 0.6) is 5.75 Å². The molecule has 0 aliphatic rings. The number of hydrogen-bond acceptors (Lipinski definition) is 2. The molecule has 19 heavy (non-hydrogen) atoms. The molecule has 2 aromatic carbocycles. The van der Waals surface area contributed by atoms with Gasteiger partial charge in [0.15, 0.2) is 0 Å². The third-order valence-electron chi connectivity index (χ3n) is 2.83. The van der Waals surface area contributed by atoms with Gasteiger partial charge in [-0.3, -0.25) is 4.79 Å². The van der Waals surface area contributed by atoms with E-state index in [4.69, 9.17) is 9.84 Å². The largest absolute Gasteiger partial charge is 0.485 e. The summed E-state index contributed by atoms with van der Waals surface area (Å²) in [4.78, 5) is 10.9. The van der Waals surface area contributed by atoms with E-state index in [-0.39, 0.29) is 6.42 Å². The van der Waals surface area contributed by atoms with Crippen molar-refractivity contribution in [1.82, 2.24) is 0 Å². The van der Waals surface area contributed by atoms with E-state index in [1.54, 1.807) is 0 Å². The fourth-order valence-electron chi connectivity index (χ4n) is 1.83. The smallest absolute Gasteiger partial charge is 0.307 e. The summed E-state index contributed by atoms with van der Waals surface area (Å²) in [6.07, 6.45) is -0.529. The monoisotopic (exact) mass is 256 g/mol. The van der Waals surface area contributed by atoms with E-state index in [2.05, 4.69) is 0 Å². The summed E-state index contributed by atoms with van der Waals surface area (Å²) < 4.78 is 5.79. The Labute approximate surface area is 112 Å². The first-order valence-corrected chi connectivity index (χ1v) is 6.15. The van der Waals surface area contributed by atoms with E-state index < -0.39 is 12.1 Å². The maximum Gasteiger partial charge on any atom is 0.307 e. The highest BCUT2D eigenvalue weighted by molar-refractivity contribution is 5.67. The van der Waals surface area contributed by atoms with Crippen LogP contribution in [-0.4, -0.2) is 11.1 Å². The maximum atomic E-state index is 10.9. The lowest BCUT2D eigenvalue weighted by Gasteiger charge is -2.18. The molecule has 1 unspecified atom stereocenters. The second-order valence-electron chi connectivity index (χ2n) is 4.43. The minimum absolute atomic E-state index is 0.0576. The van der Waals surface area contributed by atoms with Crippen LogP contribution in [0.15, 0.2) is 54.6 Å². The van der Waals surface area contributed by atoms with Gasteiger partial charge in [0.05, 0.1) is 6.42 Å². The second kappa shape index (κ2) is 6.05. The topological polar surface area (TPSA) is 46.5 Å². The summed E-state index contributed by atoms with van der Waals surface area (Å²) in [5.41, 5.74) is 2.01. The molecular formula is C16H16O3. The van der Waals surface area contributed by atoms with Gasteiger partial charge in [0.2, 0.25) is 0 Å². The zero-order valence-corrected chi connectivity index (χ0v) is 10.7. The van der Waals surface area contributed by atoms with Crippen molar-refractivity contribution in [3.05, 3.63) is 65.7 Å². The van der Waals surface area contributed by atoms with Crippen LogP contribution in [0, 0.1) is 6.92 Å². The lowest BCUT2D eigenvalue weighted by molar-refractivity contribution is -0.138. The molecule has 3 nitrogen and oxygen atoms in total. The van der Waals surface area contributed by atoms with E-state index in [9.17, 15) is 4.79 Å². The number of benzene rings is 2. The predicted octanol–water partition coefficient (Wildman–Crippen LogP) is 3.59.